The second-order valence-corrected chi connectivity index (χ2v) is 3.23. The topological polar surface area (TPSA) is 49.3 Å². The molecule has 0 spiro atoms. The average molecular weight is 212 g/mol. The standard InChI is InChI=1S/C8H14FNO2.ClH/c9-7(8(11)12)5-6-1-3-10-4-2-6;/h6-7,10H,1-5H2,(H,11,12);1H. The second kappa shape index (κ2) is 6.16. The summed E-state index contributed by atoms with van der Waals surface area (Å²) in [6.07, 6.45) is 0.298. The van der Waals surface area contributed by atoms with Crippen LogP contribution in [0.25, 0.3) is 0 Å². The summed E-state index contributed by atoms with van der Waals surface area (Å²) in [6, 6.07) is 0. The first-order chi connectivity index (χ1) is 5.70. The van der Waals surface area contributed by atoms with E-state index in [4.69, 9.17) is 5.11 Å². The monoisotopic (exact) mass is 211 g/mol. The smallest absolute Gasteiger partial charge is 0.338 e. The van der Waals surface area contributed by atoms with Crippen LogP contribution in [0.5, 0.6) is 0 Å². The molecule has 2 N–H and O–H groups in total. The van der Waals surface area contributed by atoms with E-state index in [9.17, 15) is 9.18 Å². The Morgan fingerprint density at radius 2 is 2.08 bits per heavy atom. The molecule has 1 saturated heterocycles. The number of carbonyl (C=O) groups is 1. The summed E-state index contributed by atoms with van der Waals surface area (Å²) in [5.41, 5.74) is 0. The number of carboxylic acid groups (broad SMARTS) is 1. The minimum atomic E-state index is -1.67. The van der Waals surface area contributed by atoms with Crippen LogP contribution in [0.3, 0.4) is 0 Å². The number of halogens is 2. The number of nitrogens with one attached hydrogen (secondary N) is 1. The molecule has 0 aromatic heterocycles. The Morgan fingerprint density at radius 1 is 1.54 bits per heavy atom. The number of hydrogen-bond donors (Lipinski definition) is 2. The zero-order valence-electron chi connectivity index (χ0n) is 7.33. The quantitative estimate of drug-likeness (QED) is 0.738. The van der Waals surface area contributed by atoms with Crippen molar-refractivity contribution >= 4 is 18.4 Å². The number of hydrogen-bond acceptors (Lipinski definition) is 2. The summed E-state index contributed by atoms with van der Waals surface area (Å²) in [5.74, 6) is -1.08. The van der Waals surface area contributed by atoms with Gasteiger partial charge < -0.3 is 10.4 Å². The third-order valence-corrected chi connectivity index (χ3v) is 2.27. The van der Waals surface area contributed by atoms with Gasteiger partial charge in [0.15, 0.2) is 6.17 Å². The van der Waals surface area contributed by atoms with Crippen molar-refractivity contribution in [2.75, 3.05) is 13.1 Å². The molecule has 0 bridgehead atoms. The molecule has 1 atom stereocenters. The van der Waals surface area contributed by atoms with Gasteiger partial charge in [-0.2, -0.15) is 0 Å². The van der Waals surface area contributed by atoms with Crippen LogP contribution < -0.4 is 5.32 Å². The second-order valence-electron chi connectivity index (χ2n) is 3.23. The van der Waals surface area contributed by atoms with Gasteiger partial charge in [0.2, 0.25) is 0 Å². The lowest BCUT2D eigenvalue weighted by atomic mass is 9.92. The van der Waals surface area contributed by atoms with E-state index in [1.807, 2.05) is 0 Å². The molecule has 1 fully saturated rings. The van der Waals surface area contributed by atoms with Crippen LogP contribution in [0.15, 0.2) is 0 Å². The van der Waals surface area contributed by atoms with Crippen molar-refractivity contribution in [1.29, 1.82) is 0 Å². The summed E-state index contributed by atoms with van der Waals surface area (Å²) in [7, 11) is 0. The van der Waals surface area contributed by atoms with Crippen LogP contribution in [0.4, 0.5) is 4.39 Å². The molecule has 0 saturated carbocycles. The lowest BCUT2D eigenvalue weighted by molar-refractivity contribution is -0.143. The number of aliphatic carboxylic acids is 1. The Labute approximate surface area is 83.1 Å². The van der Waals surface area contributed by atoms with Gasteiger partial charge in [-0.05, 0) is 38.3 Å². The van der Waals surface area contributed by atoms with Crippen LogP contribution in [-0.2, 0) is 4.79 Å². The predicted molar refractivity (Wildman–Crippen MR) is 50.0 cm³/mol. The molecule has 5 heteroatoms. The Hall–Kier alpha value is -0.350. The van der Waals surface area contributed by atoms with Crippen molar-refractivity contribution in [3.63, 3.8) is 0 Å². The van der Waals surface area contributed by atoms with E-state index in [-0.39, 0.29) is 24.7 Å². The largest absolute Gasteiger partial charge is 0.479 e. The molecular weight excluding hydrogens is 197 g/mol. The van der Waals surface area contributed by atoms with Crippen LogP contribution in [-0.4, -0.2) is 30.3 Å². The van der Waals surface area contributed by atoms with Crippen molar-refractivity contribution in [3.8, 4) is 0 Å². The summed E-state index contributed by atoms with van der Waals surface area (Å²) >= 11 is 0. The molecule has 0 amide bonds. The molecular formula is C8H15ClFNO2. The lowest BCUT2D eigenvalue weighted by Crippen LogP contribution is -2.30. The number of piperidine rings is 1. The van der Waals surface area contributed by atoms with Gasteiger partial charge in [0, 0.05) is 0 Å². The first-order valence-electron chi connectivity index (χ1n) is 4.27. The van der Waals surface area contributed by atoms with Crippen molar-refractivity contribution in [2.45, 2.75) is 25.4 Å². The van der Waals surface area contributed by atoms with Crippen molar-refractivity contribution < 1.29 is 14.3 Å². The van der Waals surface area contributed by atoms with Gasteiger partial charge in [0.05, 0.1) is 0 Å². The van der Waals surface area contributed by atoms with E-state index < -0.39 is 12.1 Å². The van der Waals surface area contributed by atoms with Crippen LogP contribution in [0.1, 0.15) is 19.3 Å². The third-order valence-electron chi connectivity index (χ3n) is 2.27. The normalized spacial score (nSPS) is 20.4. The average Bonchev–Trinajstić information content (AvgIpc) is 2.06. The molecule has 0 aromatic carbocycles. The number of alkyl halides is 1. The Morgan fingerprint density at radius 3 is 2.54 bits per heavy atom. The fourth-order valence-electron chi connectivity index (χ4n) is 1.51. The van der Waals surface area contributed by atoms with Crippen molar-refractivity contribution in [1.82, 2.24) is 5.32 Å². The SMILES string of the molecule is Cl.O=C(O)C(F)CC1CCNCC1. The highest BCUT2D eigenvalue weighted by atomic mass is 35.5. The van der Waals surface area contributed by atoms with Gasteiger partial charge in [-0.15, -0.1) is 12.4 Å². The summed E-state index contributed by atoms with van der Waals surface area (Å²) in [4.78, 5) is 10.2. The number of rotatable bonds is 3. The van der Waals surface area contributed by atoms with Gasteiger partial charge in [-0.3, -0.25) is 0 Å². The highest BCUT2D eigenvalue weighted by Gasteiger charge is 2.22. The predicted octanol–water partition coefficient (Wildman–Crippen LogP) is 1.22. The number of carboxylic acids is 1. The van der Waals surface area contributed by atoms with Gasteiger partial charge in [-0.25, -0.2) is 9.18 Å². The van der Waals surface area contributed by atoms with Gasteiger partial charge in [0.25, 0.3) is 0 Å². The molecule has 78 valence electrons. The van der Waals surface area contributed by atoms with E-state index in [0.29, 0.717) is 0 Å². The van der Waals surface area contributed by atoms with Gasteiger partial charge in [-0.1, -0.05) is 0 Å². The van der Waals surface area contributed by atoms with Gasteiger partial charge in [0.1, 0.15) is 0 Å². The van der Waals surface area contributed by atoms with E-state index >= 15 is 0 Å². The summed E-state index contributed by atoms with van der Waals surface area (Å²) < 4.78 is 12.7. The van der Waals surface area contributed by atoms with Gasteiger partial charge >= 0.3 is 5.97 Å². The summed E-state index contributed by atoms with van der Waals surface area (Å²) in [5, 5.41) is 11.5. The third kappa shape index (κ3) is 4.43. The highest BCUT2D eigenvalue weighted by Crippen LogP contribution is 2.19. The zero-order chi connectivity index (χ0) is 8.97. The summed E-state index contributed by atoms with van der Waals surface area (Å²) in [6.45, 7) is 1.77. The van der Waals surface area contributed by atoms with E-state index in [1.54, 1.807) is 0 Å². The highest BCUT2D eigenvalue weighted by molar-refractivity contribution is 5.85. The molecule has 1 aliphatic heterocycles. The molecule has 1 unspecified atom stereocenters. The first-order valence-corrected chi connectivity index (χ1v) is 4.27. The molecule has 3 nitrogen and oxygen atoms in total. The minimum absolute atomic E-state index is 0. The fourth-order valence-corrected chi connectivity index (χ4v) is 1.51. The molecule has 13 heavy (non-hydrogen) atoms. The molecule has 0 aromatic rings. The van der Waals surface area contributed by atoms with E-state index in [1.165, 1.54) is 0 Å². The molecule has 0 radical (unpaired) electrons. The van der Waals surface area contributed by atoms with Crippen molar-refractivity contribution in [2.24, 2.45) is 5.92 Å². The maximum atomic E-state index is 12.7. The Balaban J connectivity index is 0.00000144. The van der Waals surface area contributed by atoms with Crippen molar-refractivity contribution in [3.05, 3.63) is 0 Å². The molecule has 1 rings (SSSR count). The minimum Gasteiger partial charge on any atom is -0.479 e. The zero-order valence-corrected chi connectivity index (χ0v) is 8.15. The maximum Gasteiger partial charge on any atom is 0.338 e. The Bertz CT molecular complexity index is 162. The maximum absolute atomic E-state index is 12.7. The Kier molecular flexibility index (Phi) is 5.99. The van der Waals surface area contributed by atoms with Crippen LogP contribution in [0.2, 0.25) is 0 Å². The first kappa shape index (κ1) is 12.7. The molecule has 1 heterocycles. The van der Waals surface area contributed by atoms with E-state index in [2.05, 4.69) is 5.32 Å². The van der Waals surface area contributed by atoms with E-state index in [0.717, 1.165) is 25.9 Å². The van der Waals surface area contributed by atoms with Crippen LogP contribution >= 0.6 is 12.4 Å². The molecule has 0 aliphatic carbocycles. The van der Waals surface area contributed by atoms with Crippen LogP contribution in [0, 0.1) is 5.92 Å². The fraction of sp³-hybridized carbons (Fsp3) is 0.875. The molecule has 1 aliphatic rings. The lowest BCUT2D eigenvalue weighted by Gasteiger charge is -2.22.